The minimum absolute atomic E-state index is 0.116. The van der Waals surface area contributed by atoms with Gasteiger partial charge in [0.2, 0.25) is 5.91 Å². The highest BCUT2D eigenvalue weighted by atomic mass is 19.3. The number of carbonyl (C=O) groups excluding carboxylic acids is 1. The molecule has 1 fully saturated rings. The Morgan fingerprint density at radius 2 is 2.06 bits per heavy atom. The minimum atomic E-state index is -4.17. The third kappa shape index (κ3) is 4.14. The van der Waals surface area contributed by atoms with Gasteiger partial charge < -0.3 is 11.1 Å². The van der Waals surface area contributed by atoms with E-state index in [9.17, 15) is 22.4 Å². The van der Waals surface area contributed by atoms with Crippen LogP contribution in [0.25, 0.3) is 0 Å². The molecule has 2 unspecified atom stereocenters. The molecule has 7 heteroatoms. The Morgan fingerprint density at radius 3 is 2.59 bits per heavy atom. The van der Waals surface area contributed by atoms with Crippen molar-refractivity contribution in [2.75, 3.05) is 6.54 Å². The average Bonchev–Trinajstić information content (AvgIpc) is 2.25. The van der Waals surface area contributed by atoms with Gasteiger partial charge in [0.05, 0.1) is 6.54 Å². The predicted octanol–water partition coefficient (Wildman–Crippen LogP) is 1.52. The van der Waals surface area contributed by atoms with Gasteiger partial charge in [-0.3, -0.25) is 4.79 Å². The van der Waals surface area contributed by atoms with Gasteiger partial charge in [-0.05, 0) is 19.3 Å². The van der Waals surface area contributed by atoms with E-state index in [0.717, 1.165) is 12.8 Å². The van der Waals surface area contributed by atoms with E-state index >= 15 is 0 Å². The molecule has 3 N–H and O–H groups in total. The van der Waals surface area contributed by atoms with Crippen molar-refractivity contribution in [3.8, 4) is 0 Å². The molecule has 0 aliphatic heterocycles. The number of hydrogen-bond donors (Lipinski definition) is 2. The van der Waals surface area contributed by atoms with Crippen molar-refractivity contribution >= 4 is 5.91 Å². The monoisotopic (exact) mass is 256 g/mol. The van der Waals surface area contributed by atoms with Crippen LogP contribution in [0.1, 0.15) is 25.7 Å². The molecule has 100 valence electrons. The summed E-state index contributed by atoms with van der Waals surface area (Å²) in [6.07, 6.45) is -1.22. The quantitative estimate of drug-likeness (QED) is 0.749. The third-order valence-electron chi connectivity index (χ3n) is 2.90. The van der Waals surface area contributed by atoms with Crippen LogP contribution in [0.4, 0.5) is 17.6 Å². The number of halogens is 4. The van der Waals surface area contributed by atoms with Crippen LogP contribution in [-0.4, -0.2) is 30.8 Å². The summed E-state index contributed by atoms with van der Waals surface area (Å²) in [5, 5.41) is 1.87. The van der Waals surface area contributed by atoms with E-state index < -0.39 is 30.7 Å². The van der Waals surface area contributed by atoms with Gasteiger partial charge in [0.25, 0.3) is 0 Å². The molecule has 17 heavy (non-hydrogen) atoms. The zero-order chi connectivity index (χ0) is 13.1. The lowest BCUT2D eigenvalue weighted by Crippen LogP contribution is -2.45. The molecule has 0 aromatic carbocycles. The number of nitrogens with one attached hydrogen (secondary N) is 1. The van der Waals surface area contributed by atoms with Crippen LogP contribution < -0.4 is 11.1 Å². The number of amides is 1. The number of rotatable bonds is 4. The first-order valence-electron chi connectivity index (χ1n) is 5.52. The van der Waals surface area contributed by atoms with Gasteiger partial charge in [-0.25, -0.2) is 8.78 Å². The fourth-order valence-electron chi connectivity index (χ4n) is 1.89. The molecule has 2 atom stereocenters. The molecule has 3 nitrogen and oxygen atoms in total. The molecular formula is C10H16F4N2O. The lowest BCUT2D eigenvalue weighted by atomic mass is 9.85. The Balaban J connectivity index is 2.39. The van der Waals surface area contributed by atoms with Gasteiger partial charge in [-0.2, -0.15) is 8.78 Å². The summed E-state index contributed by atoms with van der Waals surface area (Å²) >= 11 is 0. The highest BCUT2D eigenvalue weighted by Crippen LogP contribution is 2.25. The lowest BCUT2D eigenvalue weighted by Gasteiger charge is -2.26. The van der Waals surface area contributed by atoms with Crippen LogP contribution in [0.5, 0.6) is 0 Å². The van der Waals surface area contributed by atoms with Gasteiger partial charge in [-0.15, -0.1) is 0 Å². The molecule has 0 aromatic heterocycles. The van der Waals surface area contributed by atoms with Crippen LogP contribution in [0, 0.1) is 5.92 Å². The Kier molecular flexibility index (Phi) is 4.73. The van der Waals surface area contributed by atoms with E-state index in [2.05, 4.69) is 0 Å². The highest BCUT2D eigenvalue weighted by Gasteiger charge is 2.41. The van der Waals surface area contributed by atoms with Crippen LogP contribution in [-0.2, 0) is 4.79 Å². The van der Waals surface area contributed by atoms with Gasteiger partial charge >= 0.3 is 12.3 Å². The SMILES string of the molecule is NC1CCCC(C(=O)NCC(F)(F)C(F)F)C1. The molecule has 0 radical (unpaired) electrons. The first kappa shape index (κ1) is 14.2. The van der Waals surface area contributed by atoms with Crippen molar-refractivity contribution in [1.82, 2.24) is 5.32 Å². The van der Waals surface area contributed by atoms with E-state index in [-0.39, 0.29) is 6.04 Å². The third-order valence-corrected chi connectivity index (χ3v) is 2.90. The molecule has 1 saturated carbocycles. The average molecular weight is 256 g/mol. The summed E-state index contributed by atoms with van der Waals surface area (Å²) in [5.41, 5.74) is 5.64. The maximum atomic E-state index is 12.6. The topological polar surface area (TPSA) is 55.1 Å². The van der Waals surface area contributed by atoms with Crippen LogP contribution >= 0.6 is 0 Å². The van der Waals surface area contributed by atoms with Crippen molar-refractivity contribution in [1.29, 1.82) is 0 Å². The first-order valence-corrected chi connectivity index (χ1v) is 5.52. The number of nitrogens with two attached hydrogens (primary N) is 1. The molecule has 0 saturated heterocycles. The second-order valence-corrected chi connectivity index (χ2v) is 4.40. The summed E-state index contributed by atoms with van der Waals surface area (Å²) in [5.74, 6) is -5.22. The van der Waals surface area contributed by atoms with Crippen molar-refractivity contribution < 1.29 is 22.4 Å². The lowest BCUT2D eigenvalue weighted by molar-refractivity contribution is -0.139. The minimum Gasteiger partial charge on any atom is -0.350 e. The van der Waals surface area contributed by atoms with E-state index in [0.29, 0.717) is 12.8 Å². The molecule has 1 amide bonds. The maximum absolute atomic E-state index is 12.6. The largest absolute Gasteiger partial charge is 0.350 e. The zero-order valence-electron chi connectivity index (χ0n) is 9.27. The summed E-state index contributed by atoms with van der Waals surface area (Å²) in [4.78, 5) is 11.5. The molecule has 0 heterocycles. The van der Waals surface area contributed by atoms with E-state index in [1.807, 2.05) is 5.32 Å². The maximum Gasteiger partial charge on any atom is 0.324 e. The van der Waals surface area contributed by atoms with Crippen LogP contribution in [0.15, 0.2) is 0 Å². The number of hydrogen-bond acceptors (Lipinski definition) is 2. The molecule has 0 aromatic rings. The Labute approximate surface area is 96.7 Å². The smallest absolute Gasteiger partial charge is 0.324 e. The Morgan fingerprint density at radius 1 is 1.41 bits per heavy atom. The zero-order valence-corrected chi connectivity index (χ0v) is 9.27. The second-order valence-electron chi connectivity index (χ2n) is 4.40. The molecular weight excluding hydrogens is 240 g/mol. The van der Waals surface area contributed by atoms with E-state index in [4.69, 9.17) is 5.73 Å². The summed E-state index contributed by atoms with van der Waals surface area (Å²) in [7, 11) is 0. The number of alkyl halides is 4. The molecule has 1 rings (SSSR count). The first-order chi connectivity index (χ1) is 7.83. The van der Waals surface area contributed by atoms with Gasteiger partial charge in [-0.1, -0.05) is 6.42 Å². The Bertz CT molecular complexity index is 273. The van der Waals surface area contributed by atoms with Crippen molar-refractivity contribution in [3.63, 3.8) is 0 Å². The van der Waals surface area contributed by atoms with Crippen LogP contribution in [0.3, 0.4) is 0 Å². The van der Waals surface area contributed by atoms with Gasteiger partial charge in [0.15, 0.2) is 0 Å². The van der Waals surface area contributed by atoms with E-state index in [1.165, 1.54) is 0 Å². The fourth-order valence-corrected chi connectivity index (χ4v) is 1.89. The normalized spacial score (nSPS) is 26.0. The summed E-state index contributed by atoms with van der Waals surface area (Å²) in [6.45, 7) is -1.32. The van der Waals surface area contributed by atoms with Gasteiger partial charge in [0.1, 0.15) is 0 Å². The highest BCUT2D eigenvalue weighted by molar-refractivity contribution is 5.78. The van der Waals surface area contributed by atoms with Crippen LogP contribution in [0.2, 0.25) is 0 Å². The molecule has 1 aliphatic rings. The van der Waals surface area contributed by atoms with Crippen molar-refractivity contribution in [2.45, 2.75) is 44.1 Å². The second kappa shape index (κ2) is 5.66. The molecule has 0 bridgehead atoms. The standard InChI is InChI=1S/C10H16F4N2O/c11-9(12)10(13,14)5-16-8(17)6-2-1-3-7(15)4-6/h6-7,9H,1-5,15H2,(H,16,17). The summed E-state index contributed by atoms with van der Waals surface area (Å²) in [6, 6.07) is -0.116. The summed E-state index contributed by atoms with van der Waals surface area (Å²) < 4.78 is 48.8. The van der Waals surface area contributed by atoms with Gasteiger partial charge in [0, 0.05) is 12.0 Å². The number of carbonyl (C=O) groups is 1. The fraction of sp³-hybridized carbons (Fsp3) is 0.900. The molecule has 1 aliphatic carbocycles. The van der Waals surface area contributed by atoms with E-state index in [1.54, 1.807) is 0 Å². The predicted molar refractivity (Wildman–Crippen MR) is 53.9 cm³/mol. The Hall–Kier alpha value is -0.850. The van der Waals surface area contributed by atoms with Crippen molar-refractivity contribution in [3.05, 3.63) is 0 Å². The van der Waals surface area contributed by atoms with Crippen molar-refractivity contribution in [2.24, 2.45) is 11.7 Å². The molecule has 0 spiro atoms.